The molecule has 1 saturated heterocycles. The maximum absolute atomic E-state index is 12.9. The molecule has 29 heavy (non-hydrogen) atoms. The molecule has 6 nitrogen and oxygen atoms in total. The van der Waals surface area contributed by atoms with Crippen molar-refractivity contribution in [1.82, 2.24) is 15.1 Å². The fourth-order valence-electron chi connectivity index (χ4n) is 4.12. The molecular weight excluding hydrogens is 364 g/mol. The highest BCUT2D eigenvalue weighted by Crippen LogP contribution is 2.24. The zero-order chi connectivity index (χ0) is 21.4. The number of benzene rings is 1. The van der Waals surface area contributed by atoms with Crippen molar-refractivity contribution >= 4 is 17.6 Å². The van der Waals surface area contributed by atoms with E-state index < -0.39 is 0 Å². The zero-order valence-electron chi connectivity index (χ0n) is 18.8. The molecule has 1 fully saturated rings. The molecule has 0 spiro atoms. The second-order valence-electron chi connectivity index (χ2n) is 8.34. The van der Waals surface area contributed by atoms with E-state index in [1.807, 2.05) is 24.0 Å². The lowest BCUT2D eigenvalue weighted by atomic mass is 10.0. The van der Waals surface area contributed by atoms with Crippen molar-refractivity contribution in [3.63, 3.8) is 0 Å². The summed E-state index contributed by atoms with van der Waals surface area (Å²) < 4.78 is 0. The van der Waals surface area contributed by atoms with Gasteiger partial charge in [0.15, 0.2) is 0 Å². The topological polar surface area (TPSA) is 64.7 Å². The molecular formula is C23H38N4O2. The van der Waals surface area contributed by atoms with Gasteiger partial charge < -0.3 is 15.5 Å². The third-order valence-corrected chi connectivity index (χ3v) is 5.71. The van der Waals surface area contributed by atoms with E-state index in [1.165, 1.54) is 0 Å². The van der Waals surface area contributed by atoms with Crippen LogP contribution in [0, 0.1) is 12.8 Å². The van der Waals surface area contributed by atoms with E-state index in [2.05, 4.69) is 43.2 Å². The number of amides is 3. The van der Waals surface area contributed by atoms with Crippen LogP contribution in [0.1, 0.15) is 62.9 Å². The number of hydrogen-bond donors (Lipinski definition) is 2. The number of likely N-dealkylation sites (tertiary alicyclic amines) is 1. The van der Waals surface area contributed by atoms with Gasteiger partial charge in [0.25, 0.3) is 5.91 Å². The first-order valence-electron chi connectivity index (χ1n) is 11.0. The predicted molar refractivity (Wildman–Crippen MR) is 120 cm³/mol. The van der Waals surface area contributed by atoms with Gasteiger partial charge in [0, 0.05) is 25.7 Å². The van der Waals surface area contributed by atoms with E-state index in [1.54, 1.807) is 6.07 Å². The molecule has 1 atom stereocenters. The van der Waals surface area contributed by atoms with Crippen LogP contribution in [0.5, 0.6) is 0 Å². The van der Waals surface area contributed by atoms with Gasteiger partial charge in [-0.1, -0.05) is 39.8 Å². The van der Waals surface area contributed by atoms with Crippen LogP contribution < -0.4 is 10.6 Å². The molecule has 1 aliphatic rings. The number of anilines is 1. The van der Waals surface area contributed by atoms with Crippen molar-refractivity contribution in [2.24, 2.45) is 5.92 Å². The van der Waals surface area contributed by atoms with E-state index in [0.717, 1.165) is 51.0 Å². The number of aryl methyl sites for hydroxylation is 1. The summed E-state index contributed by atoms with van der Waals surface area (Å²) in [6, 6.07) is 5.66. The number of para-hydroxylation sites is 1. The second kappa shape index (κ2) is 11.2. The van der Waals surface area contributed by atoms with Crippen LogP contribution in [0.2, 0.25) is 0 Å². The Hall–Kier alpha value is -2.08. The molecule has 1 aromatic rings. The van der Waals surface area contributed by atoms with Gasteiger partial charge in [0.05, 0.1) is 11.3 Å². The molecule has 1 aromatic carbocycles. The van der Waals surface area contributed by atoms with E-state index in [9.17, 15) is 9.59 Å². The molecule has 0 aliphatic carbocycles. The van der Waals surface area contributed by atoms with Crippen molar-refractivity contribution in [2.75, 3.05) is 38.0 Å². The van der Waals surface area contributed by atoms with Gasteiger partial charge >= 0.3 is 6.03 Å². The Bertz CT molecular complexity index is 679. The van der Waals surface area contributed by atoms with E-state index in [0.29, 0.717) is 29.8 Å². The first kappa shape index (κ1) is 23.2. The first-order chi connectivity index (χ1) is 13.9. The molecule has 0 aromatic heterocycles. The van der Waals surface area contributed by atoms with E-state index >= 15 is 0 Å². The van der Waals surface area contributed by atoms with Gasteiger partial charge in [0.1, 0.15) is 0 Å². The van der Waals surface area contributed by atoms with Crippen molar-refractivity contribution < 1.29 is 9.59 Å². The lowest BCUT2D eigenvalue weighted by Gasteiger charge is -2.31. The van der Waals surface area contributed by atoms with Crippen LogP contribution in [-0.2, 0) is 0 Å². The van der Waals surface area contributed by atoms with E-state index in [-0.39, 0.29) is 11.9 Å². The number of hydrogen-bond acceptors (Lipinski definition) is 3. The second-order valence-corrected chi connectivity index (χ2v) is 8.34. The van der Waals surface area contributed by atoms with Crippen LogP contribution in [0.15, 0.2) is 18.2 Å². The summed E-state index contributed by atoms with van der Waals surface area (Å²) in [5, 5.41) is 5.98. The first-order valence-corrected chi connectivity index (χ1v) is 11.0. The maximum Gasteiger partial charge on any atom is 0.319 e. The zero-order valence-corrected chi connectivity index (χ0v) is 18.8. The molecule has 2 rings (SSSR count). The van der Waals surface area contributed by atoms with Gasteiger partial charge in [-0.15, -0.1) is 0 Å². The third-order valence-electron chi connectivity index (χ3n) is 5.71. The molecule has 1 unspecified atom stereocenters. The highest BCUT2D eigenvalue weighted by molar-refractivity contribution is 6.04. The number of urea groups is 1. The average Bonchev–Trinajstić information content (AvgIpc) is 3.22. The molecule has 1 heterocycles. The number of rotatable bonds is 9. The summed E-state index contributed by atoms with van der Waals surface area (Å²) in [6.45, 7) is 14.7. The highest BCUT2D eigenvalue weighted by Gasteiger charge is 2.24. The lowest BCUT2D eigenvalue weighted by molar-refractivity contribution is 0.0793. The van der Waals surface area contributed by atoms with Crippen molar-refractivity contribution in [3.8, 4) is 0 Å². The normalized spacial score (nSPS) is 15.1. The van der Waals surface area contributed by atoms with Crippen LogP contribution in [0.25, 0.3) is 0 Å². The minimum atomic E-state index is -0.254. The summed E-state index contributed by atoms with van der Waals surface area (Å²) in [6.07, 6.45) is 3.12. The summed E-state index contributed by atoms with van der Waals surface area (Å²) in [7, 11) is 0. The van der Waals surface area contributed by atoms with Gasteiger partial charge in [-0.2, -0.15) is 0 Å². The van der Waals surface area contributed by atoms with Crippen LogP contribution in [0.3, 0.4) is 0 Å². The van der Waals surface area contributed by atoms with Gasteiger partial charge in [0.2, 0.25) is 0 Å². The average molecular weight is 403 g/mol. The molecule has 0 bridgehead atoms. The molecule has 3 amide bonds. The number of likely N-dealkylation sites (N-methyl/N-ethyl adjacent to an activating group) is 1. The Balaban J connectivity index is 2.06. The monoisotopic (exact) mass is 402 g/mol. The largest absolute Gasteiger partial charge is 0.339 e. The Morgan fingerprint density at radius 3 is 2.38 bits per heavy atom. The SMILES string of the molecule is CCN(CC)C(CNC(=O)Nc1c(C)cccc1C(=O)N1CCCC1)CC(C)C. The summed E-state index contributed by atoms with van der Waals surface area (Å²) in [5.74, 6) is 0.564. The molecule has 0 radical (unpaired) electrons. The Morgan fingerprint density at radius 1 is 1.14 bits per heavy atom. The van der Waals surface area contributed by atoms with Crippen LogP contribution in [-0.4, -0.2) is 60.5 Å². The maximum atomic E-state index is 12.9. The summed E-state index contributed by atoms with van der Waals surface area (Å²) in [5.41, 5.74) is 2.09. The standard InChI is InChI=1S/C23H38N4O2/c1-6-26(7-2)19(15-17(3)4)16-24-23(29)25-21-18(5)11-10-12-20(21)22(28)27-13-8-9-14-27/h10-12,17,19H,6-9,13-16H2,1-5H3,(H2,24,25,29). The Morgan fingerprint density at radius 2 is 1.79 bits per heavy atom. The summed E-state index contributed by atoms with van der Waals surface area (Å²) in [4.78, 5) is 29.8. The number of nitrogens with zero attached hydrogens (tertiary/aromatic N) is 2. The van der Waals surface area contributed by atoms with Gasteiger partial charge in [-0.3, -0.25) is 9.69 Å². The highest BCUT2D eigenvalue weighted by atomic mass is 16.2. The molecule has 2 N–H and O–H groups in total. The van der Waals surface area contributed by atoms with Crippen molar-refractivity contribution in [2.45, 2.75) is 59.9 Å². The molecule has 1 aliphatic heterocycles. The minimum Gasteiger partial charge on any atom is -0.339 e. The van der Waals surface area contributed by atoms with Gasteiger partial charge in [-0.25, -0.2) is 4.79 Å². The molecule has 0 saturated carbocycles. The predicted octanol–water partition coefficient (Wildman–Crippen LogP) is 4.11. The smallest absolute Gasteiger partial charge is 0.319 e. The number of nitrogens with one attached hydrogen (secondary N) is 2. The Labute approximate surface area is 176 Å². The Kier molecular flexibility index (Phi) is 8.96. The minimum absolute atomic E-state index is 0.00215. The summed E-state index contributed by atoms with van der Waals surface area (Å²) >= 11 is 0. The number of carbonyl (C=O) groups is 2. The third kappa shape index (κ3) is 6.46. The van der Waals surface area contributed by atoms with Crippen LogP contribution >= 0.6 is 0 Å². The lowest BCUT2D eigenvalue weighted by Crippen LogP contribution is -2.45. The van der Waals surface area contributed by atoms with Crippen molar-refractivity contribution in [1.29, 1.82) is 0 Å². The van der Waals surface area contributed by atoms with Crippen LogP contribution in [0.4, 0.5) is 10.5 Å². The number of carbonyl (C=O) groups excluding carboxylic acids is 2. The van der Waals surface area contributed by atoms with E-state index in [4.69, 9.17) is 0 Å². The molecule has 162 valence electrons. The van der Waals surface area contributed by atoms with Crippen molar-refractivity contribution in [3.05, 3.63) is 29.3 Å². The molecule has 6 heteroatoms. The fraction of sp³-hybridized carbons (Fsp3) is 0.652. The quantitative estimate of drug-likeness (QED) is 0.653. The fourth-order valence-corrected chi connectivity index (χ4v) is 4.12. The van der Waals surface area contributed by atoms with Gasteiger partial charge in [-0.05, 0) is 56.8 Å².